The summed E-state index contributed by atoms with van der Waals surface area (Å²) in [5.74, 6) is 0.772. The van der Waals surface area contributed by atoms with Gasteiger partial charge in [0.05, 0.1) is 5.56 Å². The summed E-state index contributed by atoms with van der Waals surface area (Å²) in [5, 5.41) is 3.23. The molecule has 0 amide bonds. The Bertz CT molecular complexity index is 391. The van der Waals surface area contributed by atoms with Crippen molar-refractivity contribution < 1.29 is 13.2 Å². The summed E-state index contributed by atoms with van der Waals surface area (Å²) in [5.41, 5.74) is 5.09. The average Bonchev–Trinajstić information content (AvgIpc) is 2.24. The molecule has 6 heteroatoms. The standard InChI is InChI=1S/C12H17F3N2S/c1-8(2)17-5-6-18-11-4-3-9(7-10(11)16)12(13,14)15/h3-4,7-8,17H,5-6,16H2,1-2H3. The highest BCUT2D eigenvalue weighted by molar-refractivity contribution is 7.99. The topological polar surface area (TPSA) is 38.0 Å². The van der Waals surface area contributed by atoms with E-state index >= 15 is 0 Å². The third-order valence-electron chi connectivity index (χ3n) is 2.25. The van der Waals surface area contributed by atoms with Crippen LogP contribution in [0.4, 0.5) is 18.9 Å². The Labute approximate surface area is 109 Å². The Hall–Kier alpha value is -0.880. The van der Waals surface area contributed by atoms with Crippen LogP contribution >= 0.6 is 11.8 Å². The van der Waals surface area contributed by atoms with Gasteiger partial charge in [0.15, 0.2) is 0 Å². The van der Waals surface area contributed by atoms with Gasteiger partial charge in [-0.25, -0.2) is 0 Å². The third kappa shape index (κ3) is 4.78. The predicted octanol–water partition coefficient (Wildman–Crippen LogP) is 3.38. The molecule has 102 valence electrons. The Morgan fingerprint density at radius 1 is 1.33 bits per heavy atom. The second kappa shape index (κ2) is 6.33. The first-order chi connectivity index (χ1) is 8.30. The van der Waals surface area contributed by atoms with Gasteiger partial charge < -0.3 is 11.1 Å². The quantitative estimate of drug-likeness (QED) is 0.492. The fourth-order valence-corrected chi connectivity index (χ4v) is 2.19. The highest BCUT2D eigenvalue weighted by atomic mass is 32.2. The second-order valence-electron chi connectivity index (χ2n) is 4.21. The van der Waals surface area contributed by atoms with Crippen molar-refractivity contribution in [3.05, 3.63) is 23.8 Å². The summed E-state index contributed by atoms with van der Waals surface area (Å²) in [6.45, 7) is 4.87. The highest BCUT2D eigenvalue weighted by Gasteiger charge is 2.30. The van der Waals surface area contributed by atoms with Crippen LogP contribution in [0.1, 0.15) is 19.4 Å². The molecule has 1 aromatic rings. The molecule has 0 fully saturated rings. The lowest BCUT2D eigenvalue weighted by molar-refractivity contribution is -0.137. The Balaban J connectivity index is 2.58. The molecule has 3 N–H and O–H groups in total. The molecule has 0 heterocycles. The third-order valence-corrected chi connectivity index (χ3v) is 3.34. The van der Waals surface area contributed by atoms with Crippen molar-refractivity contribution >= 4 is 17.4 Å². The first kappa shape index (κ1) is 15.2. The van der Waals surface area contributed by atoms with Gasteiger partial charge in [0.2, 0.25) is 0 Å². The van der Waals surface area contributed by atoms with Crippen LogP contribution in [0.2, 0.25) is 0 Å². The van der Waals surface area contributed by atoms with Crippen molar-refractivity contribution in [1.29, 1.82) is 0 Å². The van der Waals surface area contributed by atoms with E-state index in [9.17, 15) is 13.2 Å². The normalized spacial score (nSPS) is 12.1. The average molecular weight is 278 g/mol. The summed E-state index contributed by atoms with van der Waals surface area (Å²) >= 11 is 1.45. The lowest BCUT2D eigenvalue weighted by Crippen LogP contribution is -2.24. The Kier molecular flexibility index (Phi) is 5.34. The van der Waals surface area contributed by atoms with Crippen LogP contribution in [-0.4, -0.2) is 18.3 Å². The molecular weight excluding hydrogens is 261 g/mol. The number of nitrogens with one attached hydrogen (secondary N) is 1. The molecule has 0 aliphatic heterocycles. The van der Waals surface area contributed by atoms with Crippen molar-refractivity contribution in [2.45, 2.75) is 31.0 Å². The van der Waals surface area contributed by atoms with Gasteiger partial charge in [0.1, 0.15) is 0 Å². The van der Waals surface area contributed by atoms with E-state index in [-0.39, 0.29) is 5.69 Å². The Morgan fingerprint density at radius 2 is 2.00 bits per heavy atom. The monoisotopic (exact) mass is 278 g/mol. The van der Waals surface area contributed by atoms with Crippen LogP contribution in [0, 0.1) is 0 Å². The molecule has 0 bridgehead atoms. The molecule has 1 rings (SSSR count). The number of thioether (sulfide) groups is 1. The minimum absolute atomic E-state index is 0.180. The van der Waals surface area contributed by atoms with E-state index < -0.39 is 11.7 Å². The minimum Gasteiger partial charge on any atom is -0.398 e. The van der Waals surface area contributed by atoms with Gasteiger partial charge >= 0.3 is 6.18 Å². The van der Waals surface area contributed by atoms with Crippen LogP contribution < -0.4 is 11.1 Å². The minimum atomic E-state index is -4.34. The number of benzene rings is 1. The van der Waals surface area contributed by atoms with E-state index in [4.69, 9.17) is 5.73 Å². The van der Waals surface area contributed by atoms with Gasteiger partial charge in [0.25, 0.3) is 0 Å². The molecule has 1 aromatic carbocycles. The van der Waals surface area contributed by atoms with Crippen molar-refractivity contribution in [3.8, 4) is 0 Å². The largest absolute Gasteiger partial charge is 0.416 e. The fourth-order valence-electron chi connectivity index (χ4n) is 1.36. The van der Waals surface area contributed by atoms with Gasteiger partial charge in [-0.2, -0.15) is 13.2 Å². The number of anilines is 1. The molecule has 0 aliphatic carbocycles. The van der Waals surface area contributed by atoms with Crippen molar-refractivity contribution in [3.63, 3.8) is 0 Å². The number of hydrogen-bond donors (Lipinski definition) is 2. The summed E-state index contributed by atoms with van der Waals surface area (Å²) in [4.78, 5) is 0.688. The van der Waals surface area contributed by atoms with E-state index in [1.165, 1.54) is 17.8 Å². The van der Waals surface area contributed by atoms with Crippen LogP contribution in [0.3, 0.4) is 0 Å². The van der Waals surface area contributed by atoms with Crippen LogP contribution in [0.5, 0.6) is 0 Å². The predicted molar refractivity (Wildman–Crippen MR) is 69.7 cm³/mol. The number of halogens is 3. The molecule has 0 unspecified atom stereocenters. The van der Waals surface area contributed by atoms with Crippen LogP contribution in [-0.2, 0) is 6.18 Å². The van der Waals surface area contributed by atoms with Gasteiger partial charge in [-0.15, -0.1) is 11.8 Å². The van der Waals surface area contributed by atoms with E-state index in [0.29, 0.717) is 10.9 Å². The summed E-state index contributed by atoms with van der Waals surface area (Å²) in [6, 6.07) is 3.88. The smallest absolute Gasteiger partial charge is 0.398 e. The zero-order valence-corrected chi connectivity index (χ0v) is 11.2. The SMILES string of the molecule is CC(C)NCCSc1ccc(C(F)(F)F)cc1N. The number of nitrogens with two attached hydrogens (primary N) is 1. The molecule has 0 saturated carbocycles. The summed E-state index contributed by atoms with van der Waals surface area (Å²) in [7, 11) is 0. The molecule has 0 radical (unpaired) electrons. The van der Waals surface area contributed by atoms with Gasteiger partial charge in [-0.05, 0) is 18.2 Å². The zero-order chi connectivity index (χ0) is 13.8. The Morgan fingerprint density at radius 3 is 2.50 bits per heavy atom. The molecule has 0 aromatic heterocycles. The van der Waals surface area contributed by atoms with E-state index in [1.807, 2.05) is 13.8 Å². The molecule has 18 heavy (non-hydrogen) atoms. The van der Waals surface area contributed by atoms with E-state index in [2.05, 4.69) is 5.32 Å². The molecular formula is C12H17F3N2S. The first-order valence-electron chi connectivity index (χ1n) is 5.63. The number of alkyl halides is 3. The first-order valence-corrected chi connectivity index (χ1v) is 6.62. The maximum Gasteiger partial charge on any atom is 0.416 e. The lowest BCUT2D eigenvalue weighted by Gasteiger charge is -2.11. The summed E-state index contributed by atoms with van der Waals surface area (Å²) < 4.78 is 37.3. The number of rotatable bonds is 5. The number of hydrogen-bond acceptors (Lipinski definition) is 3. The molecule has 0 saturated heterocycles. The molecule has 0 aliphatic rings. The molecule has 0 atom stereocenters. The van der Waals surface area contributed by atoms with Crippen molar-refractivity contribution in [2.24, 2.45) is 0 Å². The fraction of sp³-hybridized carbons (Fsp3) is 0.500. The van der Waals surface area contributed by atoms with E-state index in [1.54, 1.807) is 0 Å². The van der Waals surface area contributed by atoms with Crippen molar-refractivity contribution in [1.82, 2.24) is 5.32 Å². The zero-order valence-electron chi connectivity index (χ0n) is 10.3. The highest BCUT2D eigenvalue weighted by Crippen LogP contribution is 2.34. The lowest BCUT2D eigenvalue weighted by atomic mass is 10.2. The van der Waals surface area contributed by atoms with Crippen LogP contribution in [0.25, 0.3) is 0 Å². The maximum absolute atomic E-state index is 12.4. The van der Waals surface area contributed by atoms with Gasteiger partial charge in [0, 0.05) is 28.9 Å². The summed E-state index contributed by atoms with van der Waals surface area (Å²) in [6.07, 6.45) is -4.34. The number of nitrogen functional groups attached to an aromatic ring is 1. The van der Waals surface area contributed by atoms with E-state index in [0.717, 1.165) is 24.4 Å². The maximum atomic E-state index is 12.4. The van der Waals surface area contributed by atoms with Gasteiger partial charge in [-0.1, -0.05) is 13.8 Å². The van der Waals surface area contributed by atoms with Crippen molar-refractivity contribution in [2.75, 3.05) is 18.0 Å². The molecule has 0 spiro atoms. The van der Waals surface area contributed by atoms with Gasteiger partial charge in [-0.3, -0.25) is 0 Å². The van der Waals surface area contributed by atoms with Crippen LogP contribution in [0.15, 0.2) is 23.1 Å². The molecule has 2 nitrogen and oxygen atoms in total. The second-order valence-corrected chi connectivity index (χ2v) is 5.34.